The monoisotopic (exact) mass is 632 g/mol. The number of para-hydroxylation sites is 1. The minimum atomic E-state index is -4.27. The van der Waals surface area contributed by atoms with Gasteiger partial charge in [-0.25, -0.2) is 8.70 Å². The van der Waals surface area contributed by atoms with Gasteiger partial charge in [0.05, 0.1) is 5.69 Å². The fourth-order valence-electron chi connectivity index (χ4n) is 4.08. The Hall–Kier alpha value is -3.28. The lowest BCUT2D eigenvalue weighted by Gasteiger charge is -2.34. The van der Waals surface area contributed by atoms with E-state index in [1.807, 2.05) is 68.4 Å². The number of carbonyl (C=O) groups excluding carboxylic acids is 2. The van der Waals surface area contributed by atoms with Crippen LogP contribution in [0.3, 0.4) is 0 Å². The minimum Gasteiger partial charge on any atom is -0.352 e. The maximum atomic E-state index is 14.9. The van der Waals surface area contributed by atoms with Crippen LogP contribution in [0.25, 0.3) is 0 Å². The number of nitrogens with zero attached hydrogens (tertiary/aromatic N) is 3. The Labute approximate surface area is 244 Å². The number of hydrogen-bond donors (Lipinski definition) is 1. The molecule has 0 aromatic heterocycles. The SMILES string of the molecule is CC(C)NC(=O)C(Cc1ccccc1)N(Cc1ccc(Br)cc1)C(=O)CN(c1ccccc1F)S(=O)(=O)N(C)C. The summed E-state index contributed by atoms with van der Waals surface area (Å²) >= 11 is 3.41. The first-order valence-corrected chi connectivity index (χ1v) is 14.9. The largest absolute Gasteiger partial charge is 0.352 e. The fraction of sp³-hybridized carbons (Fsp3) is 0.310. The number of benzene rings is 3. The summed E-state index contributed by atoms with van der Waals surface area (Å²) in [6.45, 7) is 2.96. The van der Waals surface area contributed by atoms with Gasteiger partial charge in [0.25, 0.3) is 0 Å². The molecule has 0 radical (unpaired) electrons. The third kappa shape index (κ3) is 8.12. The van der Waals surface area contributed by atoms with Gasteiger partial charge in [-0.1, -0.05) is 70.5 Å². The van der Waals surface area contributed by atoms with Gasteiger partial charge in [-0.3, -0.25) is 9.59 Å². The molecule has 0 aliphatic rings. The van der Waals surface area contributed by atoms with Crippen molar-refractivity contribution in [3.05, 3.63) is 100 Å². The Kier molecular flexibility index (Phi) is 10.8. The van der Waals surface area contributed by atoms with Gasteiger partial charge in [0.2, 0.25) is 11.8 Å². The van der Waals surface area contributed by atoms with Gasteiger partial charge in [-0.15, -0.1) is 0 Å². The molecule has 0 fully saturated rings. The summed E-state index contributed by atoms with van der Waals surface area (Å²) in [6.07, 6.45) is 0.196. The topological polar surface area (TPSA) is 90.0 Å². The van der Waals surface area contributed by atoms with Gasteiger partial charge in [0.1, 0.15) is 18.4 Å². The molecule has 0 spiro atoms. The van der Waals surface area contributed by atoms with Crippen molar-refractivity contribution < 1.29 is 22.4 Å². The zero-order chi connectivity index (χ0) is 29.4. The van der Waals surface area contributed by atoms with Crippen LogP contribution in [0.2, 0.25) is 0 Å². The molecule has 3 aromatic carbocycles. The van der Waals surface area contributed by atoms with Crippen molar-refractivity contribution in [2.24, 2.45) is 0 Å². The number of rotatable bonds is 12. The summed E-state index contributed by atoms with van der Waals surface area (Å²) in [5.74, 6) is -1.83. The van der Waals surface area contributed by atoms with Gasteiger partial charge < -0.3 is 10.2 Å². The Balaban J connectivity index is 2.10. The smallest absolute Gasteiger partial charge is 0.304 e. The Morgan fingerprint density at radius 2 is 1.50 bits per heavy atom. The summed E-state index contributed by atoms with van der Waals surface area (Å²) in [4.78, 5) is 29.0. The summed E-state index contributed by atoms with van der Waals surface area (Å²) in [5, 5.41) is 2.90. The molecule has 2 amide bonds. The molecule has 3 rings (SSSR count). The second-order valence-corrected chi connectivity index (χ2v) is 12.7. The second-order valence-electron chi connectivity index (χ2n) is 9.77. The van der Waals surface area contributed by atoms with Crippen LogP contribution in [0.1, 0.15) is 25.0 Å². The number of halogens is 2. The van der Waals surface area contributed by atoms with Crippen molar-refractivity contribution in [1.82, 2.24) is 14.5 Å². The van der Waals surface area contributed by atoms with E-state index in [1.54, 1.807) is 0 Å². The molecule has 0 bridgehead atoms. The molecule has 40 heavy (non-hydrogen) atoms. The van der Waals surface area contributed by atoms with Crippen LogP contribution in [0.15, 0.2) is 83.3 Å². The lowest BCUT2D eigenvalue weighted by molar-refractivity contribution is -0.140. The molecule has 3 aromatic rings. The zero-order valence-electron chi connectivity index (χ0n) is 22.9. The summed E-state index contributed by atoms with van der Waals surface area (Å²) in [7, 11) is -1.66. The summed E-state index contributed by atoms with van der Waals surface area (Å²) in [6, 6.07) is 20.7. The van der Waals surface area contributed by atoms with E-state index >= 15 is 0 Å². The molecule has 1 atom stereocenters. The quantitative estimate of drug-likeness (QED) is 0.321. The van der Waals surface area contributed by atoms with Crippen molar-refractivity contribution in [2.75, 3.05) is 24.9 Å². The zero-order valence-corrected chi connectivity index (χ0v) is 25.3. The molecular weight excluding hydrogens is 599 g/mol. The highest BCUT2D eigenvalue weighted by Gasteiger charge is 2.35. The van der Waals surface area contributed by atoms with Crippen LogP contribution in [-0.4, -0.2) is 62.2 Å². The minimum absolute atomic E-state index is 0.0300. The highest BCUT2D eigenvalue weighted by Crippen LogP contribution is 2.24. The van der Waals surface area contributed by atoms with E-state index < -0.39 is 34.5 Å². The molecular formula is C29H34BrFN4O4S. The first-order valence-electron chi connectivity index (χ1n) is 12.7. The van der Waals surface area contributed by atoms with E-state index in [9.17, 15) is 22.4 Å². The van der Waals surface area contributed by atoms with Crippen molar-refractivity contribution >= 4 is 43.6 Å². The molecule has 0 aliphatic heterocycles. The van der Waals surface area contributed by atoms with Crippen molar-refractivity contribution in [1.29, 1.82) is 0 Å². The average molecular weight is 634 g/mol. The second kappa shape index (κ2) is 13.9. The molecule has 0 saturated heterocycles. The number of carbonyl (C=O) groups is 2. The standard InChI is InChI=1S/C29H34BrFN4O4S/c1-21(2)32-29(37)27(18-22-10-6-5-7-11-22)34(19-23-14-16-24(30)17-15-23)28(36)20-35(40(38,39)33(3)4)26-13-9-8-12-25(26)31/h5-17,21,27H,18-20H2,1-4H3,(H,32,37). The van der Waals surface area contributed by atoms with Crippen LogP contribution < -0.4 is 9.62 Å². The summed E-state index contributed by atoms with van der Waals surface area (Å²) in [5.41, 5.74) is 1.30. The molecule has 11 heteroatoms. The summed E-state index contributed by atoms with van der Waals surface area (Å²) < 4.78 is 44.0. The van der Waals surface area contributed by atoms with E-state index in [1.165, 1.54) is 37.2 Å². The maximum absolute atomic E-state index is 14.9. The van der Waals surface area contributed by atoms with Gasteiger partial charge in [0, 0.05) is 37.6 Å². The molecule has 1 unspecified atom stereocenters. The highest BCUT2D eigenvalue weighted by molar-refractivity contribution is 9.10. The molecule has 0 saturated carbocycles. The first kappa shape index (κ1) is 31.3. The van der Waals surface area contributed by atoms with Crippen LogP contribution >= 0.6 is 15.9 Å². The normalized spacial score (nSPS) is 12.3. The van der Waals surface area contributed by atoms with Gasteiger partial charge in [-0.2, -0.15) is 12.7 Å². The number of nitrogens with one attached hydrogen (secondary N) is 1. The Morgan fingerprint density at radius 3 is 2.08 bits per heavy atom. The average Bonchev–Trinajstić information content (AvgIpc) is 2.90. The Bertz CT molecular complexity index is 1400. The highest BCUT2D eigenvalue weighted by atomic mass is 79.9. The molecule has 8 nitrogen and oxygen atoms in total. The van der Waals surface area contributed by atoms with Crippen molar-refractivity contribution in [3.8, 4) is 0 Å². The molecule has 214 valence electrons. The van der Waals surface area contributed by atoms with Crippen molar-refractivity contribution in [2.45, 2.75) is 38.9 Å². The third-order valence-electron chi connectivity index (χ3n) is 6.11. The number of anilines is 1. The molecule has 0 aliphatic carbocycles. The number of amides is 2. The lowest BCUT2D eigenvalue weighted by Crippen LogP contribution is -2.55. The predicted molar refractivity (Wildman–Crippen MR) is 158 cm³/mol. The van der Waals surface area contributed by atoms with Gasteiger partial charge in [-0.05, 0) is 49.2 Å². The lowest BCUT2D eigenvalue weighted by atomic mass is 10.0. The molecule has 1 N–H and O–H groups in total. The van der Waals surface area contributed by atoms with Crippen LogP contribution in [0, 0.1) is 5.82 Å². The fourth-order valence-corrected chi connectivity index (χ4v) is 5.41. The Morgan fingerprint density at radius 1 is 0.900 bits per heavy atom. The van der Waals surface area contributed by atoms with E-state index in [-0.39, 0.29) is 30.6 Å². The van der Waals surface area contributed by atoms with Crippen LogP contribution in [0.4, 0.5) is 10.1 Å². The van der Waals surface area contributed by atoms with Gasteiger partial charge >= 0.3 is 10.2 Å². The third-order valence-corrected chi connectivity index (χ3v) is 8.44. The molecule has 0 heterocycles. The van der Waals surface area contributed by atoms with Crippen molar-refractivity contribution in [3.63, 3.8) is 0 Å². The predicted octanol–water partition coefficient (Wildman–Crippen LogP) is 4.37. The van der Waals surface area contributed by atoms with Crippen LogP contribution in [-0.2, 0) is 32.8 Å². The van der Waals surface area contributed by atoms with E-state index in [0.717, 1.165) is 30.3 Å². The van der Waals surface area contributed by atoms with Crippen LogP contribution in [0.5, 0.6) is 0 Å². The van der Waals surface area contributed by atoms with E-state index in [0.29, 0.717) is 0 Å². The van der Waals surface area contributed by atoms with E-state index in [4.69, 9.17) is 0 Å². The number of hydrogen-bond acceptors (Lipinski definition) is 4. The maximum Gasteiger partial charge on any atom is 0.304 e. The van der Waals surface area contributed by atoms with Gasteiger partial charge in [0.15, 0.2) is 0 Å². The van der Waals surface area contributed by atoms with E-state index in [2.05, 4.69) is 21.2 Å². The first-order chi connectivity index (χ1) is 18.9.